The highest BCUT2D eigenvalue weighted by molar-refractivity contribution is 8.00. The maximum Gasteiger partial charge on any atom is 0.232 e. The van der Waals surface area contributed by atoms with Crippen LogP contribution in [-0.4, -0.2) is 66.2 Å². The van der Waals surface area contributed by atoms with Gasteiger partial charge in [0.2, 0.25) is 5.91 Å². The smallest absolute Gasteiger partial charge is 0.232 e. The van der Waals surface area contributed by atoms with Crippen LogP contribution in [-0.2, 0) is 9.53 Å². The monoisotopic (exact) mass is 416 g/mol. The Morgan fingerprint density at radius 3 is 2.45 bits per heavy atom. The number of hydrogen-bond acceptors (Lipinski definition) is 4. The van der Waals surface area contributed by atoms with E-state index in [0.717, 1.165) is 32.8 Å². The number of ether oxygens (including phenoxy) is 1. The summed E-state index contributed by atoms with van der Waals surface area (Å²) < 4.78 is 6.00. The van der Waals surface area contributed by atoms with E-state index in [0.29, 0.717) is 35.5 Å². The number of rotatable bonds is 8. The Morgan fingerprint density at radius 1 is 1.00 bits per heavy atom. The van der Waals surface area contributed by atoms with E-state index < -0.39 is 0 Å². The Bertz CT molecular complexity index is 625. The molecular weight excluding hydrogens is 380 g/mol. The van der Waals surface area contributed by atoms with Gasteiger partial charge < -0.3 is 9.64 Å². The van der Waals surface area contributed by atoms with Gasteiger partial charge in [0.25, 0.3) is 0 Å². The quantitative estimate of drug-likeness (QED) is 0.590. The molecule has 5 heteroatoms. The minimum Gasteiger partial charge on any atom is -0.366 e. The van der Waals surface area contributed by atoms with Crippen LogP contribution in [0, 0.1) is 5.92 Å². The molecule has 0 N–H and O–H groups in total. The van der Waals surface area contributed by atoms with Gasteiger partial charge in [-0.3, -0.25) is 9.69 Å². The van der Waals surface area contributed by atoms with Crippen molar-refractivity contribution in [1.29, 1.82) is 0 Å². The number of piperazine rings is 1. The summed E-state index contributed by atoms with van der Waals surface area (Å²) >= 11 is 1.91. The predicted molar refractivity (Wildman–Crippen MR) is 120 cm³/mol. The number of carbonyl (C=O) groups excluding carboxylic acids is 1. The van der Waals surface area contributed by atoms with Crippen molar-refractivity contribution in [1.82, 2.24) is 9.80 Å². The van der Waals surface area contributed by atoms with Gasteiger partial charge in [0.1, 0.15) is 0 Å². The van der Waals surface area contributed by atoms with Crippen molar-refractivity contribution in [3.05, 3.63) is 35.9 Å². The minimum atomic E-state index is 0.337. The molecule has 3 aliphatic rings. The molecule has 0 spiro atoms. The Morgan fingerprint density at radius 2 is 1.72 bits per heavy atom. The molecule has 0 aromatic heterocycles. The first-order valence-corrected chi connectivity index (χ1v) is 12.6. The number of hydrogen-bond donors (Lipinski definition) is 0. The average Bonchev–Trinajstić information content (AvgIpc) is 3.57. The van der Waals surface area contributed by atoms with Gasteiger partial charge in [0.05, 0.1) is 19.1 Å². The summed E-state index contributed by atoms with van der Waals surface area (Å²) in [6.45, 7) is 5.14. The van der Waals surface area contributed by atoms with Crippen LogP contribution in [0.4, 0.5) is 0 Å². The lowest BCUT2D eigenvalue weighted by molar-refractivity contribution is -0.131. The zero-order valence-electron chi connectivity index (χ0n) is 17.6. The predicted octanol–water partition coefficient (Wildman–Crippen LogP) is 4.36. The van der Waals surface area contributed by atoms with Gasteiger partial charge in [0, 0.05) is 31.4 Å². The van der Waals surface area contributed by atoms with Gasteiger partial charge in [0.15, 0.2) is 0 Å². The van der Waals surface area contributed by atoms with Crippen LogP contribution in [0.15, 0.2) is 30.3 Å². The zero-order valence-corrected chi connectivity index (χ0v) is 18.5. The molecule has 1 aromatic carbocycles. The van der Waals surface area contributed by atoms with E-state index in [1.165, 1.54) is 50.5 Å². The van der Waals surface area contributed by atoms with Crippen molar-refractivity contribution in [2.75, 3.05) is 45.3 Å². The number of thioether (sulfide) groups is 1. The van der Waals surface area contributed by atoms with Crippen molar-refractivity contribution in [3.8, 4) is 0 Å². The first-order valence-electron chi connectivity index (χ1n) is 11.5. The largest absolute Gasteiger partial charge is 0.366 e. The van der Waals surface area contributed by atoms with E-state index in [1.54, 1.807) is 0 Å². The third kappa shape index (κ3) is 6.47. The van der Waals surface area contributed by atoms with Crippen molar-refractivity contribution in [2.45, 2.75) is 56.1 Å². The second-order valence-electron chi connectivity index (χ2n) is 8.94. The van der Waals surface area contributed by atoms with E-state index in [9.17, 15) is 4.79 Å². The molecule has 2 atom stereocenters. The molecule has 4 rings (SSSR count). The molecule has 0 unspecified atom stereocenters. The van der Waals surface area contributed by atoms with Gasteiger partial charge in [-0.1, -0.05) is 56.0 Å². The summed E-state index contributed by atoms with van der Waals surface area (Å²) in [5.74, 6) is 2.38. The van der Waals surface area contributed by atoms with Crippen molar-refractivity contribution in [3.63, 3.8) is 0 Å². The van der Waals surface area contributed by atoms with Crippen LogP contribution in [0.2, 0.25) is 0 Å². The fourth-order valence-electron chi connectivity index (χ4n) is 4.69. The summed E-state index contributed by atoms with van der Waals surface area (Å²) in [5, 5.41) is 0.707. The van der Waals surface area contributed by atoms with Crippen molar-refractivity contribution >= 4 is 17.7 Å². The number of amides is 1. The maximum atomic E-state index is 12.6. The molecule has 0 radical (unpaired) electrons. The topological polar surface area (TPSA) is 32.8 Å². The molecule has 3 fully saturated rings. The molecular formula is C24H36N2O2S. The van der Waals surface area contributed by atoms with E-state index >= 15 is 0 Å². The zero-order chi connectivity index (χ0) is 19.9. The fraction of sp³-hybridized carbons (Fsp3) is 0.708. The highest BCUT2D eigenvalue weighted by Crippen LogP contribution is 2.47. The average molecular weight is 417 g/mol. The van der Waals surface area contributed by atoms with E-state index in [-0.39, 0.29) is 0 Å². The molecule has 1 aliphatic heterocycles. The summed E-state index contributed by atoms with van der Waals surface area (Å²) in [4.78, 5) is 17.0. The number of nitrogens with zero attached hydrogens (tertiary/aromatic N) is 2. The Labute approximate surface area is 180 Å². The molecule has 2 aliphatic carbocycles. The Balaban J connectivity index is 1.07. The molecule has 1 amide bonds. The van der Waals surface area contributed by atoms with Gasteiger partial charge in [-0.2, -0.15) is 0 Å². The van der Waals surface area contributed by atoms with E-state index in [2.05, 4.69) is 40.1 Å². The Hall–Kier alpha value is -1.04. The van der Waals surface area contributed by atoms with Crippen molar-refractivity contribution < 1.29 is 9.53 Å². The minimum absolute atomic E-state index is 0.337. The summed E-state index contributed by atoms with van der Waals surface area (Å²) in [6, 6.07) is 10.8. The Kier molecular flexibility index (Phi) is 7.92. The summed E-state index contributed by atoms with van der Waals surface area (Å²) in [7, 11) is 0. The van der Waals surface area contributed by atoms with Crippen LogP contribution in [0.5, 0.6) is 0 Å². The van der Waals surface area contributed by atoms with Gasteiger partial charge >= 0.3 is 0 Å². The lowest BCUT2D eigenvalue weighted by Gasteiger charge is -2.34. The van der Waals surface area contributed by atoms with Crippen LogP contribution in [0.25, 0.3) is 0 Å². The van der Waals surface area contributed by atoms with Gasteiger partial charge in [-0.05, 0) is 36.7 Å². The molecule has 1 saturated heterocycles. The third-order valence-electron chi connectivity index (χ3n) is 6.73. The summed E-state index contributed by atoms with van der Waals surface area (Å²) in [6.07, 6.45) is 9.30. The SMILES string of the molecule is O=C(CSC1CCCCCC1)N1CCN(COC[C@@H]2C[C@H]2c2ccccc2)CC1. The van der Waals surface area contributed by atoms with E-state index in [4.69, 9.17) is 4.74 Å². The standard InChI is InChI=1S/C24H36N2O2S/c27-24(18-29-22-10-6-1-2-7-11-22)26-14-12-25(13-15-26)19-28-17-21-16-23(21)20-8-4-3-5-9-20/h3-5,8-9,21-23H,1-2,6-7,10-19H2/t21-,23-/m0/s1. The molecule has 0 bridgehead atoms. The van der Waals surface area contributed by atoms with Crippen LogP contribution in [0.1, 0.15) is 56.4 Å². The first kappa shape index (κ1) is 21.2. The second-order valence-corrected chi connectivity index (χ2v) is 10.2. The van der Waals surface area contributed by atoms with Crippen molar-refractivity contribution in [2.24, 2.45) is 5.92 Å². The van der Waals surface area contributed by atoms with Gasteiger partial charge in [-0.15, -0.1) is 11.8 Å². The molecule has 4 nitrogen and oxygen atoms in total. The van der Waals surface area contributed by atoms with E-state index in [1.807, 2.05) is 11.8 Å². The first-order chi connectivity index (χ1) is 14.3. The normalized spacial score (nSPS) is 26.3. The lowest BCUT2D eigenvalue weighted by Crippen LogP contribution is -2.49. The van der Waals surface area contributed by atoms with Crippen LogP contribution in [0.3, 0.4) is 0 Å². The molecule has 1 heterocycles. The third-order valence-corrected chi connectivity index (χ3v) is 8.08. The highest BCUT2D eigenvalue weighted by Gasteiger charge is 2.38. The maximum absolute atomic E-state index is 12.6. The number of benzene rings is 1. The van der Waals surface area contributed by atoms with Crippen LogP contribution >= 0.6 is 11.8 Å². The van der Waals surface area contributed by atoms with Gasteiger partial charge in [-0.25, -0.2) is 0 Å². The lowest BCUT2D eigenvalue weighted by atomic mass is 10.1. The number of carbonyl (C=O) groups is 1. The molecule has 2 saturated carbocycles. The molecule has 1 aromatic rings. The summed E-state index contributed by atoms with van der Waals surface area (Å²) in [5.41, 5.74) is 1.45. The second kappa shape index (κ2) is 10.8. The fourth-order valence-corrected chi connectivity index (χ4v) is 5.92. The highest BCUT2D eigenvalue weighted by atomic mass is 32.2. The molecule has 29 heavy (non-hydrogen) atoms. The molecule has 160 valence electrons. The van der Waals surface area contributed by atoms with Crippen LogP contribution < -0.4 is 0 Å².